The number of fused-ring (bicyclic) bond motifs is 1. The molecule has 1 saturated heterocycles. The highest BCUT2D eigenvalue weighted by molar-refractivity contribution is 7.10. The van der Waals surface area contributed by atoms with Crippen LogP contribution >= 0.6 is 11.3 Å². The molecule has 7 heteroatoms. The normalized spacial score (nSPS) is 17.3. The SMILES string of the molecule is O=C(Cn1[nH]c(=O)c2ccccc2c1=O)N1CCCC1c1cccs1. The third kappa shape index (κ3) is 2.80. The maximum Gasteiger partial charge on any atom is 0.273 e. The van der Waals surface area contributed by atoms with Gasteiger partial charge >= 0.3 is 0 Å². The standard InChI is InChI=1S/C18H17N3O3S/c22-16(20-9-3-7-14(20)15-8-4-10-25-15)11-21-18(24)13-6-2-1-5-12(13)17(23)19-21/h1-2,4-6,8,10,14H,3,7,9,11H2,(H,19,23). The minimum Gasteiger partial charge on any atom is -0.333 e. The number of H-pyrrole nitrogens is 1. The van der Waals surface area contributed by atoms with Crippen LogP contribution in [-0.2, 0) is 11.3 Å². The number of carbonyl (C=O) groups excluding carboxylic acids is 1. The zero-order chi connectivity index (χ0) is 17.4. The molecule has 1 aliphatic rings. The van der Waals surface area contributed by atoms with Crippen molar-refractivity contribution in [2.45, 2.75) is 25.4 Å². The Morgan fingerprint density at radius 1 is 1.16 bits per heavy atom. The average molecular weight is 355 g/mol. The van der Waals surface area contributed by atoms with E-state index >= 15 is 0 Å². The molecule has 2 aromatic heterocycles. The number of nitrogens with zero attached hydrogens (tertiary/aromatic N) is 2. The third-order valence-corrected chi connectivity index (χ3v) is 5.60. The second-order valence-electron chi connectivity index (χ2n) is 6.14. The van der Waals surface area contributed by atoms with Crippen LogP contribution in [0.25, 0.3) is 10.8 Å². The molecule has 1 aromatic carbocycles. The number of rotatable bonds is 3. The summed E-state index contributed by atoms with van der Waals surface area (Å²) in [6, 6.07) is 10.7. The Hall–Kier alpha value is -2.67. The Balaban J connectivity index is 1.65. The van der Waals surface area contributed by atoms with E-state index in [0.29, 0.717) is 17.3 Å². The summed E-state index contributed by atoms with van der Waals surface area (Å²) in [7, 11) is 0. The number of hydrogen-bond donors (Lipinski definition) is 1. The van der Waals surface area contributed by atoms with Gasteiger partial charge in [0.05, 0.1) is 16.8 Å². The minimum atomic E-state index is -0.362. The van der Waals surface area contributed by atoms with Crippen molar-refractivity contribution < 1.29 is 4.79 Å². The van der Waals surface area contributed by atoms with Gasteiger partial charge in [0.1, 0.15) is 6.54 Å². The first-order chi connectivity index (χ1) is 12.1. The van der Waals surface area contributed by atoms with Crippen molar-refractivity contribution in [3.05, 3.63) is 67.4 Å². The highest BCUT2D eigenvalue weighted by Gasteiger charge is 2.30. The molecule has 1 amide bonds. The van der Waals surface area contributed by atoms with Crippen LogP contribution in [0.1, 0.15) is 23.8 Å². The lowest BCUT2D eigenvalue weighted by molar-refractivity contribution is -0.133. The van der Waals surface area contributed by atoms with Crippen LogP contribution in [0.15, 0.2) is 51.4 Å². The number of aromatic amines is 1. The number of benzene rings is 1. The fraction of sp³-hybridized carbons (Fsp3) is 0.278. The highest BCUT2D eigenvalue weighted by atomic mass is 32.1. The van der Waals surface area contributed by atoms with Crippen LogP contribution in [0.3, 0.4) is 0 Å². The Bertz CT molecular complexity index is 1040. The Kier molecular flexibility index (Phi) is 4.01. The molecule has 1 unspecified atom stereocenters. The molecule has 128 valence electrons. The molecule has 4 rings (SSSR count). The van der Waals surface area contributed by atoms with Gasteiger partial charge in [-0.1, -0.05) is 18.2 Å². The number of nitrogens with one attached hydrogen (secondary N) is 1. The van der Waals surface area contributed by atoms with Crippen LogP contribution < -0.4 is 11.1 Å². The van der Waals surface area contributed by atoms with E-state index in [-0.39, 0.29) is 29.6 Å². The van der Waals surface area contributed by atoms with Gasteiger partial charge in [0.25, 0.3) is 11.1 Å². The van der Waals surface area contributed by atoms with Crippen LogP contribution in [0.4, 0.5) is 0 Å². The van der Waals surface area contributed by atoms with Crippen molar-refractivity contribution in [2.75, 3.05) is 6.54 Å². The van der Waals surface area contributed by atoms with Gasteiger partial charge in [0, 0.05) is 11.4 Å². The molecule has 25 heavy (non-hydrogen) atoms. The Morgan fingerprint density at radius 3 is 2.72 bits per heavy atom. The summed E-state index contributed by atoms with van der Waals surface area (Å²) in [5, 5.41) is 5.20. The zero-order valence-corrected chi connectivity index (χ0v) is 14.3. The van der Waals surface area contributed by atoms with Crippen molar-refractivity contribution in [3.63, 3.8) is 0 Å². The topological polar surface area (TPSA) is 75.2 Å². The number of amides is 1. The molecule has 3 heterocycles. The molecule has 1 fully saturated rings. The lowest BCUT2D eigenvalue weighted by Gasteiger charge is -2.24. The van der Waals surface area contributed by atoms with E-state index in [1.165, 1.54) is 0 Å². The van der Waals surface area contributed by atoms with E-state index in [0.717, 1.165) is 22.4 Å². The largest absolute Gasteiger partial charge is 0.333 e. The maximum absolute atomic E-state index is 12.8. The first-order valence-corrected chi connectivity index (χ1v) is 9.08. The van der Waals surface area contributed by atoms with E-state index in [1.807, 2.05) is 22.4 Å². The zero-order valence-electron chi connectivity index (χ0n) is 13.5. The van der Waals surface area contributed by atoms with Crippen molar-refractivity contribution in [1.29, 1.82) is 0 Å². The van der Waals surface area contributed by atoms with E-state index in [2.05, 4.69) is 5.10 Å². The lowest BCUT2D eigenvalue weighted by atomic mass is 10.2. The second kappa shape index (κ2) is 6.33. The fourth-order valence-electron chi connectivity index (χ4n) is 3.43. The summed E-state index contributed by atoms with van der Waals surface area (Å²) in [5.41, 5.74) is -0.713. The van der Waals surface area contributed by atoms with Crippen LogP contribution in [0.5, 0.6) is 0 Å². The summed E-state index contributed by atoms with van der Waals surface area (Å²) < 4.78 is 1.12. The molecule has 6 nitrogen and oxygen atoms in total. The molecule has 0 saturated carbocycles. The van der Waals surface area contributed by atoms with Gasteiger partial charge in [-0.2, -0.15) is 0 Å². The van der Waals surface area contributed by atoms with Gasteiger partial charge in [-0.05, 0) is 36.4 Å². The summed E-state index contributed by atoms with van der Waals surface area (Å²) in [4.78, 5) is 40.5. The number of carbonyl (C=O) groups is 1. The molecular formula is C18H17N3O3S. The molecule has 0 spiro atoms. The van der Waals surface area contributed by atoms with Crippen LogP contribution in [0, 0.1) is 0 Å². The van der Waals surface area contributed by atoms with Gasteiger partial charge in [-0.15, -0.1) is 11.3 Å². The van der Waals surface area contributed by atoms with Gasteiger partial charge < -0.3 is 4.90 Å². The van der Waals surface area contributed by atoms with Gasteiger partial charge in [0.15, 0.2) is 0 Å². The first-order valence-electron chi connectivity index (χ1n) is 8.20. The van der Waals surface area contributed by atoms with Crippen molar-refractivity contribution in [1.82, 2.24) is 14.7 Å². The van der Waals surface area contributed by atoms with Crippen LogP contribution in [-0.4, -0.2) is 27.1 Å². The quantitative estimate of drug-likeness (QED) is 0.782. The molecule has 0 aliphatic carbocycles. The van der Waals surface area contributed by atoms with Gasteiger partial charge in [0.2, 0.25) is 5.91 Å². The minimum absolute atomic E-state index is 0.0652. The molecule has 0 bridgehead atoms. The van der Waals surface area contributed by atoms with E-state index in [4.69, 9.17) is 0 Å². The van der Waals surface area contributed by atoms with E-state index in [1.54, 1.807) is 35.6 Å². The summed E-state index contributed by atoms with van der Waals surface area (Å²) in [5.74, 6) is -0.149. The van der Waals surface area contributed by atoms with E-state index in [9.17, 15) is 14.4 Å². The summed E-state index contributed by atoms with van der Waals surface area (Å²) >= 11 is 1.63. The molecular weight excluding hydrogens is 338 g/mol. The monoisotopic (exact) mass is 355 g/mol. The van der Waals surface area contributed by atoms with E-state index < -0.39 is 0 Å². The number of likely N-dealkylation sites (tertiary alicyclic amines) is 1. The van der Waals surface area contributed by atoms with Crippen molar-refractivity contribution in [3.8, 4) is 0 Å². The molecule has 1 N–H and O–H groups in total. The first kappa shape index (κ1) is 15.8. The fourth-order valence-corrected chi connectivity index (χ4v) is 4.30. The maximum atomic E-state index is 12.8. The van der Waals surface area contributed by atoms with Crippen molar-refractivity contribution in [2.24, 2.45) is 0 Å². The molecule has 3 aromatic rings. The number of thiophene rings is 1. The smallest absolute Gasteiger partial charge is 0.273 e. The third-order valence-electron chi connectivity index (χ3n) is 4.62. The average Bonchev–Trinajstić information content (AvgIpc) is 3.30. The predicted octanol–water partition coefficient (Wildman–Crippen LogP) is 2.11. The molecule has 0 radical (unpaired) electrons. The van der Waals surface area contributed by atoms with Gasteiger partial charge in [-0.25, -0.2) is 4.68 Å². The highest BCUT2D eigenvalue weighted by Crippen LogP contribution is 2.34. The Labute approximate surface area is 147 Å². The van der Waals surface area contributed by atoms with Crippen molar-refractivity contribution >= 4 is 28.0 Å². The summed E-state index contributed by atoms with van der Waals surface area (Å²) in [6.07, 6.45) is 1.87. The predicted molar refractivity (Wildman–Crippen MR) is 96.8 cm³/mol. The summed E-state index contributed by atoms with van der Waals surface area (Å²) in [6.45, 7) is 0.523. The molecule has 1 aliphatic heterocycles. The molecule has 1 atom stereocenters. The van der Waals surface area contributed by atoms with Gasteiger partial charge in [-0.3, -0.25) is 19.5 Å². The van der Waals surface area contributed by atoms with Crippen LogP contribution in [0.2, 0.25) is 0 Å². The Morgan fingerprint density at radius 2 is 1.96 bits per heavy atom. The second-order valence-corrected chi connectivity index (χ2v) is 7.12. The number of hydrogen-bond acceptors (Lipinski definition) is 4. The number of aromatic nitrogens is 2. The lowest BCUT2D eigenvalue weighted by Crippen LogP contribution is -2.38.